The maximum absolute atomic E-state index is 12.3. The van der Waals surface area contributed by atoms with Crippen LogP contribution in [0, 0.1) is 23.7 Å². The summed E-state index contributed by atoms with van der Waals surface area (Å²) in [5, 5.41) is 3.08. The molecule has 4 aliphatic carbocycles. The van der Waals surface area contributed by atoms with E-state index in [4.69, 9.17) is 14.2 Å². The lowest BCUT2D eigenvalue weighted by Crippen LogP contribution is -2.63. The molecule has 4 bridgehead atoms. The Balaban J connectivity index is 1.31. The zero-order chi connectivity index (χ0) is 18.1. The molecule has 0 unspecified atom stereocenters. The van der Waals surface area contributed by atoms with Crippen molar-refractivity contribution >= 4 is 5.91 Å². The highest BCUT2D eigenvalue weighted by Crippen LogP contribution is 2.59. The fourth-order valence-electron chi connectivity index (χ4n) is 5.78. The average Bonchev–Trinajstić information content (AvgIpc) is 2.66. The minimum absolute atomic E-state index is 0.0205. The van der Waals surface area contributed by atoms with Crippen LogP contribution in [0.3, 0.4) is 0 Å². The van der Waals surface area contributed by atoms with E-state index < -0.39 is 0 Å². The van der Waals surface area contributed by atoms with Gasteiger partial charge in [-0.15, -0.1) is 0 Å². The fourth-order valence-corrected chi connectivity index (χ4v) is 5.78. The van der Waals surface area contributed by atoms with Crippen LogP contribution in [-0.2, 0) is 9.53 Å². The van der Waals surface area contributed by atoms with Gasteiger partial charge in [-0.1, -0.05) is 0 Å². The number of hydrogen-bond donors (Lipinski definition) is 1. The summed E-state index contributed by atoms with van der Waals surface area (Å²) in [6.45, 7) is 0.621. The van der Waals surface area contributed by atoms with Crippen molar-refractivity contribution in [1.82, 2.24) is 5.32 Å². The standard InChI is InChI=1S/C21H29NO4/c1-24-18-3-5-19(6-4-18)26-12-20(23)22-13-21(25-2)16-8-14-7-15(10-16)11-17(21)9-14/h3-6,14-17H,7-13H2,1-2H3,(H,22,23). The lowest BCUT2D eigenvalue weighted by Gasteiger charge is -2.60. The molecule has 0 atom stereocenters. The van der Waals surface area contributed by atoms with Crippen molar-refractivity contribution in [3.8, 4) is 11.5 Å². The molecule has 0 aliphatic heterocycles. The Morgan fingerprint density at radius 3 is 2.12 bits per heavy atom. The van der Waals surface area contributed by atoms with Gasteiger partial charge in [-0.25, -0.2) is 0 Å². The molecule has 1 amide bonds. The summed E-state index contributed by atoms with van der Waals surface area (Å²) in [7, 11) is 3.45. The number of amides is 1. The smallest absolute Gasteiger partial charge is 0.258 e. The van der Waals surface area contributed by atoms with Crippen molar-refractivity contribution in [3.63, 3.8) is 0 Å². The van der Waals surface area contributed by atoms with Gasteiger partial charge in [0.2, 0.25) is 0 Å². The monoisotopic (exact) mass is 359 g/mol. The van der Waals surface area contributed by atoms with Crippen molar-refractivity contribution in [1.29, 1.82) is 0 Å². The molecule has 0 spiro atoms. The first-order valence-corrected chi connectivity index (χ1v) is 9.71. The first-order valence-electron chi connectivity index (χ1n) is 9.71. The lowest BCUT2D eigenvalue weighted by atomic mass is 9.49. The van der Waals surface area contributed by atoms with Crippen LogP contribution in [0.2, 0.25) is 0 Å². The summed E-state index contributed by atoms with van der Waals surface area (Å²) in [5.74, 6) is 4.29. The number of hydrogen-bond acceptors (Lipinski definition) is 4. The van der Waals surface area contributed by atoms with E-state index in [1.165, 1.54) is 32.1 Å². The van der Waals surface area contributed by atoms with Crippen molar-refractivity contribution in [3.05, 3.63) is 24.3 Å². The highest BCUT2D eigenvalue weighted by atomic mass is 16.5. The van der Waals surface area contributed by atoms with Gasteiger partial charge in [0.05, 0.1) is 12.7 Å². The molecule has 5 rings (SSSR count). The minimum Gasteiger partial charge on any atom is -0.497 e. The zero-order valence-corrected chi connectivity index (χ0v) is 15.7. The molecule has 5 heteroatoms. The third-order valence-corrected chi connectivity index (χ3v) is 6.89. The summed E-state index contributed by atoms with van der Waals surface area (Å²) >= 11 is 0. The van der Waals surface area contributed by atoms with Gasteiger partial charge in [0.25, 0.3) is 5.91 Å². The Morgan fingerprint density at radius 2 is 1.58 bits per heavy atom. The largest absolute Gasteiger partial charge is 0.497 e. The van der Waals surface area contributed by atoms with Crippen LogP contribution in [-0.4, -0.2) is 38.9 Å². The lowest BCUT2D eigenvalue weighted by molar-refractivity contribution is -0.188. The SMILES string of the molecule is COc1ccc(OCC(=O)NCC2(OC)C3CC4CC(C3)CC2C4)cc1. The van der Waals surface area contributed by atoms with E-state index in [-0.39, 0.29) is 18.1 Å². The number of ether oxygens (including phenoxy) is 3. The number of rotatable bonds is 7. The number of carbonyl (C=O) groups excluding carboxylic acids is 1. The maximum atomic E-state index is 12.3. The molecule has 1 N–H and O–H groups in total. The van der Waals surface area contributed by atoms with Crippen LogP contribution in [0.4, 0.5) is 0 Å². The molecule has 4 saturated carbocycles. The predicted molar refractivity (Wildman–Crippen MR) is 98.3 cm³/mol. The van der Waals surface area contributed by atoms with Crippen molar-refractivity contribution in [2.24, 2.45) is 23.7 Å². The van der Waals surface area contributed by atoms with Crippen LogP contribution in [0.1, 0.15) is 32.1 Å². The van der Waals surface area contributed by atoms with Gasteiger partial charge in [-0.3, -0.25) is 4.79 Å². The van der Waals surface area contributed by atoms with Crippen molar-refractivity contribution < 1.29 is 19.0 Å². The molecule has 0 aromatic heterocycles. The summed E-state index contributed by atoms with van der Waals surface area (Å²) in [5.41, 5.74) is -0.177. The molecule has 0 saturated heterocycles. The zero-order valence-electron chi connectivity index (χ0n) is 15.7. The van der Waals surface area contributed by atoms with E-state index in [9.17, 15) is 4.79 Å². The van der Waals surface area contributed by atoms with Crippen LogP contribution >= 0.6 is 0 Å². The van der Waals surface area contributed by atoms with E-state index in [2.05, 4.69) is 5.32 Å². The van der Waals surface area contributed by atoms with E-state index in [0.717, 1.165) is 17.6 Å². The molecule has 0 heterocycles. The van der Waals surface area contributed by atoms with Gasteiger partial charge in [-0.2, -0.15) is 0 Å². The quantitative estimate of drug-likeness (QED) is 0.813. The predicted octanol–water partition coefficient (Wildman–Crippen LogP) is 3.03. The van der Waals surface area contributed by atoms with E-state index in [0.29, 0.717) is 24.1 Å². The first kappa shape index (κ1) is 17.7. The highest BCUT2D eigenvalue weighted by Gasteiger charge is 2.57. The Kier molecular flexibility index (Phi) is 4.82. The van der Waals surface area contributed by atoms with Gasteiger partial charge < -0.3 is 19.5 Å². The molecule has 142 valence electrons. The second kappa shape index (κ2) is 7.10. The van der Waals surface area contributed by atoms with Crippen LogP contribution in [0.15, 0.2) is 24.3 Å². The van der Waals surface area contributed by atoms with Gasteiger partial charge in [0.15, 0.2) is 6.61 Å². The van der Waals surface area contributed by atoms with E-state index in [1.807, 2.05) is 19.2 Å². The molecule has 26 heavy (non-hydrogen) atoms. The maximum Gasteiger partial charge on any atom is 0.258 e. The normalized spacial score (nSPS) is 34.5. The Hall–Kier alpha value is -1.75. The van der Waals surface area contributed by atoms with Crippen LogP contribution in [0.5, 0.6) is 11.5 Å². The molecule has 4 fully saturated rings. The molecular weight excluding hydrogens is 330 g/mol. The van der Waals surface area contributed by atoms with Crippen molar-refractivity contribution in [2.75, 3.05) is 27.4 Å². The summed E-state index contributed by atoms with van der Waals surface area (Å²) in [6.07, 6.45) is 6.46. The molecule has 0 radical (unpaired) electrons. The summed E-state index contributed by atoms with van der Waals surface area (Å²) in [6, 6.07) is 7.25. The second-order valence-corrected chi connectivity index (χ2v) is 8.20. The van der Waals surface area contributed by atoms with E-state index in [1.54, 1.807) is 19.2 Å². The van der Waals surface area contributed by atoms with E-state index >= 15 is 0 Å². The Labute approximate surface area is 155 Å². The molecule has 1 aromatic carbocycles. The minimum atomic E-state index is -0.177. The van der Waals surface area contributed by atoms with Crippen LogP contribution < -0.4 is 14.8 Å². The third kappa shape index (κ3) is 3.18. The Bertz CT molecular complexity index is 614. The van der Waals surface area contributed by atoms with Gasteiger partial charge >= 0.3 is 0 Å². The van der Waals surface area contributed by atoms with Gasteiger partial charge in [0, 0.05) is 13.7 Å². The average molecular weight is 359 g/mol. The first-order chi connectivity index (χ1) is 12.6. The highest BCUT2D eigenvalue weighted by molar-refractivity contribution is 5.77. The Morgan fingerprint density at radius 1 is 1.00 bits per heavy atom. The van der Waals surface area contributed by atoms with Crippen molar-refractivity contribution in [2.45, 2.75) is 37.7 Å². The molecule has 4 aliphatic rings. The van der Waals surface area contributed by atoms with Gasteiger partial charge in [0.1, 0.15) is 11.5 Å². The number of methoxy groups -OCH3 is 2. The number of nitrogens with one attached hydrogen (secondary N) is 1. The number of benzene rings is 1. The molecule has 5 nitrogen and oxygen atoms in total. The topological polar surface area (TPSA) is 56.8 Å². The van der Waals surface area contributed by atoms with Gasteiger partial charge in [-0.05, 0) is 80.0 Å². The summed E-state index contributed by atoms with van der Waals surface area (Å²) in [4.78, 5) is 12.3. The number of carbonyl (C=O) groups is 1. The summed E-state index contributed by atoms with van der Waals surface area (Å²) < 4.78 is 16.8. The second-order valence-electron chi connectivity index (χ2n) is 8.20. The fraction of sp³-hybridized carbons (Fsp3) is 0.667. The molecule has 1 aromatic rings. The third-order valence-electron chi connectivity index (χ3n) is 6.89. The molecular formula is C21H29NO4. The van der Waals surface area contributed by atoms with Crippen LogP contribution in [0.25, 0.3) is 0 Å².